The van der Waals surface area contributed by atoms with Gasteiger partial charge in [-0.15, -0.1) is 0 Å². The third kappa shape index (κ3) is 4.03. The zero-order valence-corrected chi connectivity index (χ0v) is 12.2. The molecule has 1 atom stereocenters. The van der Waals surface area contributed by atoms with Gasteiger partial charge in [-0.2, -0.15) is 0 Å². The molecule has 1 N–H and O–H groups in total. The summed E-state index contributed by atoms with van der Waals surface area (Å²) < 4.78 is 25.7. The van der Waals surface area contributed by atoms with Gasteiger partial charge in [0.05, 0.1) is 11.9 Å². The van der Waals surface area contributed by atoms with E-state index in [1.165, 1.54) is 11.4 Å². The van der Waals surface area contributed by atoms with Crippen molar-refractivity contribution in [1.82, 2.24) is 4.31 Å². The van der Waals surface area contributed by atoms with Gasteiger partial charge in [0.1, 0.15) is 0 Å². The van der Waals surface area contributed by atoms with Crippen LogP contribution in [0.2, 0.25) is 0 Å². The molecule has 0 aromatic heterocycles. The third-order valence-electron chi connectivity index (χ3n) is 3.52. The van der Waals surface area contributed by atoms with E-state index in [1.807, 2.05) is 31.2 Å². The molecule has 1 aliphatic rings. The summed E-state index contributed by atoms with van der Waals surface area (Å²) >= 11 is 0. The first-order valence-electron chi connectivity index (χ1n) is 6.56. The van der Waals surface area contributed by atoms with Crippen LogP contribution in [0.1, 0.15) is 24.0 Å². The Morgan fingerprint density at radius 3 is 2.68 bits per heavy atom. The first-order chi connectivity index (χ1) is 8.88. The predicted octanol–water partition coefficient (Wildman–Crippen LogP) is 1.53. The van der Waals surface area contributed by atoms with Crippen LogP contribution in [0.3, 0.4) is 0 Å². The van der Waals surface area contributed by atoms with Crippen LogP contribution in [0.25, 0.3) is 0 Å². The number of aryl methyl sites for hydroxylation is 1. The van der Waals surface area contributed by atoms with Gasteiger partial charge in [0.2, 0.25) is 10.0 Å². The molecule has 1 saturated carbocycles. The number of rotatable bonds is 6. The fourth-order valence-electron chi connectivity index (χ4n) is 2.13. The van der Waals surface area contributed by atoms with Crippen LogP contribution in [0, 0.1) is 12.8 Å². The summed E-state index contributed by atoms with van der Waals surface area (Å²) in [5.74, 6) is 0.277. The molecule has 5 heteroatoms. The van der Waals surface area contributed by atoms with Gasteiger partial charge in [-0.1, -0.05) is 29.8 Å². The third-order valence-corrected chi connectivity index (χ3v) is 5.31. The monoisotopic (exact) mass is 283 g/mol. The molecule has 4 nitrogen and oxygen atoms in total. The molecule has 1 aromatic carbocycles. The van der Waals surface area contributed by atoms with E-state index in [4.69, 9.17) is 0 Å². The summed E-state index contributed by atoms with van der Waals surface area (Å²) in [6.45, 7) is 2.13. The highest BCUT2D eigenvalue weighted by atomic mass is 32.2. The van der Waals surface area contributed by atoms with E-state index in [9.17, 15) is 13.5 Å². The highest BCUT2D eigenvalue weighted by Gasteiger charge is 2.32. The van der Waals surface area contributed by atoms with Gasteiger partial charge < -0.3 is 5.11 Å². The number of likely N-dealkylation sites (N-methyl/N-ethyl adjacent to an activating group) is 1. The standard InChI is InChI=1S/C14H21NO3S/c1-11-4-3-5-12(8-11)10-19(17,18)15(2)9-14(16)13-6-7-13/h3-5,8,13-14,16H,6-7,9-10H2,1-2H3. The fourth-order valence-corrected chi connectivity index (χ4v) is 3.33. The minimum atomic E-state index is -3.36. The number of nitrogens with zero attached hydrogens (tertiary/aromatic N) is 1. The van der Waals surface area contributed by atoms with Crippen LogP contribution in [0.15, 0.2) is 24.3 Å². The lowest BCUT2D eigenvalue weighted by Crippen LogP contribution is -2.36. The molecule has 0 heterocycles. The van der Waals surface area contributed by atoms with Crippen molar-refractivity contribution in [1.29, 1.82) is 0 Å². The van der Waals surface area contributed by atoms with E-state index in [1.54, 1.807) is 0 Å². The predicted molar refractivity (Wildman–Crippen MR) is 75.2 cm³/mol. The lowest BCUT2D eigenvalue weighted by atomic mass is 10.2. The molecule has 19 heavy (non-hydrogen) atoms. The van der Waals surface area contributed by atoms with Gasteiger partial charge in [-0.3, -0.25) is 0 Å². The smallest absolute Gasteiger partial charge is 0.218 e. The molecule has 1 unspecified atom stereocenters. The quantitative estimate of drug-likeness (QED) is 0.861. The van der Waals surface area contributed by atoms with Crippen LogP contribution in [0.4, 0.5) is 0 Å². The van der Waals surface area contributed by atoms with Crippen LogP contribution < -0.4 is 0 Å². The largest absolute Gasteiger partial charge is 0.391 e. The average Bonchev–Trinajstić information content (AvgIpc) is 3.11. The highest BCUT2D eigenvalue weighted by Crippen LogP contribution is 2.33. The minimum Gasteiger partial charge on any atom is -0.391 e. The number of benzene rings is 1. The molecule has 1 aromatic rings. The van der Waals surface area contributed by atoms with Gasteiger partial charge in [0.25, 0.3) is 0 Å². The van der Waals surface area contributed by atoms with Crippen molar-refractivity contribution < 1.29 is 13.5 Å². The number of sulfonamides is 1. The Morgan fingerprint density at radius 1 is 1.42 bits per heavy atom. The van der Waals surface area contributed by atoms with Crippen LogP contribution in [-0.2, 0) is 15.8 Å². The number of aliphatic hydroxyl groups is 1. The summed E-state index contributed by atoms with van der Waals surface area (Å²) in [5.41, 5.74) is 1.83. The van der Waals surface area contributed by atoms with Gasteiger partial charge in [-0.05, 0) is 31.2 Å². The van der Waals surface area contributed by atoms with Gasteiger partial charge >= 0.3 is 0 Å². The van der Waals surface area contributed by atoms with E-state index in [0.717, 1.165) is 24.0 Å². The van der Waals surface area contributed by atoms with Crippen LogP contribution in [-0.4, -0.2) is 37.5 Å². The van der Waals surface area contributed by atoms with Crippen LogP contribution in [0.5, 0.6) is 0 Å². The van der Waals surface area contributed by atoms with Crippen molar-refractivity contribution in [2.24, 2.45) is 5.92 Å². The van der Waals surface area contributed by atoms with E-state index in [2.05, 4.69) is 0 Å². The van der Waals surface area contributed by atoms with E-state index < -0.39 is 16.1 Å². The molecule has 0 spiro atoms. The second kappa shape index (κ2) is 5.61. The highest BCUT2D eigenvalue weighted by molar-refractivity contribution is 7.88. The maximum absolute atomic E-state index is 12.2. The molecule has 0 aliphatic heterocycles. The maximum Gasteiger partial charge on any atom is 0.218 e. The Labute approximate surface area is 115 Å². The Balaban J connectivity index is 2.00. The van der Waals surface area contributed by atoms with Crippen molar-refractivity contribution in [3.8, 4) is 0 Å². The maximum atomic E-state index is 12.2. The molecule has 2 rings (SSSR count). The fraction of sp³-hybridized carbons (Fsp3) is 0.571. The van der Waals surface area contributed by atoms with Crippen molar-refractivity contribution in [3.63, 3.8) is 0 Å². The molecule has 1 aliphatic carbocycles. The summed E-state index contributed by atoms with van der Waals surface area (Å²) in [4.78, 5) is 0. The number of hydrogen-bond donors (Lipinski definition) is 1. The van der Waals surface area contributed by atoms with Crippen LogP contribution >= 0.6 is 0 Å². The molecular weight excluding hydrogens is 262 g/mol. The summed E-state index contributed by atoms with van der Waals surface area (Å²) in [5, 5.41) is 9.83. The van der Waals surface area contributed by atoms with E-state index in [0.29, 0.717) is 0 Å². The van der Waals surface area contributed by atoms with E-state index >= 15 is 0 Å². The normalized spacial score (nSPS) is 17.7. The second-order valence-corrected chi connectivity index (χ2v) is 7.51. The Morgan fingerprint density at radius 2 is 2.11 bits per heavy atom. The molecule has 106 valence electrons. The Bertz CT molecular complexity index is 537. The first kappa shape index (κ1) is 14.5. The topological polar surface area (TPSA) is 57.6 Å². The van der Waals surface area contributed by atoms with Gasteiger partial charge in [0.15, 0.2) is 0 Å². The van der Waals surface area contributed by atoms with Crippen molar-refractivity contribution >= 4 is 10.0 Å². The lowest BCUT2D eigenvalue weighted by molar-refractivity contribution is 0.131. The number of aliphatic hydroxyl groups excluding tert-OH is 1. The molecule has 0 radical (unpaired) electrons. The molecular formula is C14H21NO3S. The van der Waals surface area contributed by atoms with Gasteiger partial charge in [0, 0.05) is 13.6 Å². The van der Waals surface area contributed by atoms with Crippen molar-refractivity contribution in [2.75, 3.05) is 13.6 Å². The Kier molecular flexibility index (Phi) is 4.28. The number of hydrogen-bond acceptors (Lipinski definition) is 3. The Hall–Kier alpha value is -0.910. The zero-order valence-electron chi connectivity index (χ0n) is 11.4. The van der Waals surface area contributed by atoms with E-state index in [-0.39, 0.29) is 18.2 Å². The zero-order chi connectivity index (χ0) is 14.0. The van der Waals surface area contributed by atoms with Crippen molar-refractivity contribution in [2.45, 2.75) is 31.6 Å². The van der Waals surface area contributed by atoms with Crippen molar-refractivity contribution in [3.05, 3.63) is 35.4 Å². The summed E-state index contributed by atoms with van der Waals surface area (Å²) in [6, 6.07) is 7.49. The molecule has 0 saturated heterocycles. The lowest BCUT2D eigenvalue weighted by Gasteiger charge is -2.20. The SMILES string of the molecule is Cc1cccc(CS(=O)(=O)N(C)CC(O)C2CC2)c1. The first-order valence-corrected chi connectivity index (χ1v) is 8.17. The second-order valence-electron chi connectivity index (χ2n) is 5.43. The molecule has 0 bridgehead atoms. The summed E-state index contributed by atoms with van der Waals surface area (Å²) in [7, 11) is -1.82. The molecule has 1 fully saturated rings. The average molecular weight is 283 g/mol. The molecule has 0 amide bonds. The summed E-state index contributed by atoms with van der Waals surface area (Å²) in [6.07, 6.45) is 1.48. The van der Waals surface area contributed by atoms with Gasteiger partial charge in [-0.25, -0.2) is 12.7 Å². The minimum absolute atomic E-state index is 0.0113.